The summed E-state index contributed by atoms with van der Waals surface area (Å²) in [6.07, 6.45) is 2.05. The van der Waals surface area contributed by atoms with Crippen molar-refractivity contribution < 1.29 is 4.52 Å². The van der Waals surface area contributed by atoms with Gasteiger partial charge in [-0.25, -0.2) is 4.98 Å². The smallest absolute Gasteiger partial charge is 0.230 e. The molecule has 2 atom stereocenters. The summed E-state index contributed by atoms with van der Waals surface area (Å²) < 4.78 is 7.58. The number of imidazole rings is 1. The molecule has 0 radical (unpaired) electrons. The number of nitrogens with zero attached hydrogens (tertiary/aromatic N) is 4. The van der Waals surface area contributed by atoms with Crippen LogP contribution in [0.3, 0.4) is 0 Å². The Hall–Kier alpha value is -2.17. The van der Waals surface area contributed by atoms with Crippen molar-refractivity contribution in [2.24, 2.45) is 5.92 Å². The van der Waals surface area contributed by atoms with Crippen LogP contribution in [0.15, 0.2) is 28.8 Å². The molecule has 1 saturated carbocycles. The summed E-state index contributed by atoms with van der Waals surface area (Å²) in [6, 6.07) is 8.18. The van der Waals surface area contributed by atoms with Crippen LogP contribution >= 0.6 is 0 Å². The van der Waals surface area contributed by atoms with Crippen LogP contribution in [0, 0.1) is 5.92 Å². The Bertz CT molecular complexity index is 789. The topological polar surface area (TPSA) is 56.7 Å². The van der Waals surface area contributed by atoms with Crippen molar-refractivity contribution in [3.05, 3.63) is 41.8 Å². The van der Waals surface area contributed by atoms with Crippen LogP contribution in [-0.2, 0) is 13.0 Å². The highest BCUT2D eigenvalue weighted by Crippen LogP contribution is 2.46. The van der Waals surface area contributed by atoms with Crippen LogP contribution < -0.4 is 0 Å². The zero-order chi connectivity index (χ0) is 14.4. The lowest BCUT2D eigenvalue weighted by molar-refractivity contribution is 0.370. The molecule has 2 heterocycles. The molecule has 21 heavy (non-hydrogen) atoms. The van der Waals surface area contributed by atoms with E-state index in [1.807, 2.05) is 18.2 Å². The minimum Gasteiger partial charge on any atom is -0.339 e. The fourth-order valence-corrected chi connectivity index (χ4v) is 2.86. The molecular weight excluding hydrogens is 264 g/mol. The quantitative estimate of drug-likeness (QED) is 0.737. The summed E-state index contributed by atoms with van der Waals surface area (Å²) in [6.45, 7) is 4.95. The van der Waals surface area contributed by atoms with E-state index in [0.717, 1.165) is 41.4 Å². The highest BCUT2D eigenvalue weighted by Gasteiger charge is 2.38. The third-order valence-corrected chi connectivity index (χ3v) is 4.26. The third-order valence-electron chi connectivity index (χ3n) is 4.26. The average molecular weight is 282 g/mol. The van der Waals surface area contributed by atoms with Crippen LogP contribution in [0.5, 0.6) is 0 Å². The lowest BCUT2D eigenvalue weighted by Crippen LogP contribution is -2.05. The highest BCUT2D eigenvalue weighted by atomic mass is 16.5. The molecule has 1 aliphatic carbocycles. The van der Waals surface area contributed by atoms with Gasteiger partial charge in [0.05, 0.1) is 17.6 Å². The van der Waals surface area contributed by atoms with Crippen molar-refractivity contribution >= 4 is 11.0 Å². The standard InChI is InChI=1S/C16H18N4O/c1-3-15-17-12-6-4-5-7-13(12)20(15)9-14-18-16(21-19-14)11-8-10(11)2/h4-7,10-11H,3,8-9H2,1-2H3. The minimum absolute atomic E-state index is 0.469. The first kappa shape index (κ1) is 12.6. The Labute approximate surface area is 123 Å². The first-order chi connectivity index (χ1) is 10.3. The van der Waals surface area contributed by atoms with E-state index in [2.05, 4.69) is 39.6 Å². The van der Waals surface area contributed by atoms with Gasteiger partial charge in [0.25, 0.3) is 0 Å². The number of hydrogen-bond donors (Lipinski definition) is 0. The molecule has 0 aliphatic heterocycles. The second-order valence-electron chi connectivity index (χ2n) is 5.82. The first-order valence-electron chi connectivity index (χ1n) is 7.53. The van der Waals surface area contributed by atoms with Crippen LogP contribution in [0.25, 0.3) is 11.0 Å². The molecule has 4 rings (SSSR count). The van der Waals surface area contributed by atoms with E-state index in [9.17, 15) is 0 Å². The number of rotatable bonds is 4. The monoisotopic (exact) mass is 282 g/mol. The van der Waals surface area contributed by atoms with Gasteiger partial charge in [-0.2, -0.15) is 4.98 Å². The Morgan fingerprint density at radius 1 is 1.29 bits per heavy atom. The van der Waals surface area contributed by atoms with Crippen LogP contribution in [0.1, 0.15) is 43.7 Å². The number of hydrogen-bond acceptors (Lipinski definition) is 4. The second kappa shape index (κ2) is 4.69. The molecular formula is C16H18N4O. The summed E-state index contributed by atoms with van der Waals surface area (Å²) >= 11 is 0. The zero-order valence-corrected chi connectivity index (χ0v) is 12.3. The van der Waals surface area contributed by atoms with E-state index in [1.165, 1.54) is 0 Å². The van der Waals surface area contributed by atoms with Gasteiger partial charge >= 0.3 is 0 Å². The maximum Gasteiger partial charge on any atom is 0.230 e. The molecule has 5 heteroatoms. The number of benzene rings is 1. The Kier molecular flexibility index (Phi) is 2.80. The van der Waals surface area contributed by atoms with Crippen molar-refractivity contribution in [2.45, 2.75) is 39.2 Å². The molecule has 2 aromatic heterocycles. The molecule has 108 valence electrons. The van der Waals surface area contributed by atoms with Gasteiger partial charge in [0.2, 0.25) is 5.89 Å². The van der Waals surface area contributed by atoms with Crippen molar-refractivity contribution in [2.75, 3.05) is 0 Å². The fraction of sp³-hybridized carbons (Fsp3) is 0.438. The number of fused-ring (bicyclic) bond motifs is 1. The van der Waals surface area contributed by atoms with Gasteiger partial charge < -0.3 is 9.09 Å². The van der Waals surface area contributed by atoms with E-state index in [-0.39, 0.29) is 0 Å². The molecule has 5 nitrogen and oxygen atoms in total. The summed E-state index contributed by atoms with van der Waals surface area (Å²) in [5, 5.41) is 4.13. The SMILES string of the molecule is CCc1nc2ccccc2n1Cc1noc(C2CC2C)n1. The normalized spacial score (nSPS) is 21.0. The third kappa shape index (κ3) is 2.13. The van der Waals surface area contributed by atoms with Crippen LogP contribution in [-0.4, -0.2) is 19.7 Å². The number of aryl methyl sites for hydroxylation is 1. The van der Waals surface area contributed by atoms with Crippen molar-refractivity contribution in [1.29, 1.82) is 0 Å². The molecule has 0 N–H and O–H groups in total. The fourth-order valence-electron chi connectivity index (χ4n) is 2.86. The van der Waals surface area contributed by atoms with E-state index < -0.39 is 0 Å². The molecule has 1 aliphatic rings. The van der Waals surface area contributed by atoms with E-state index in [1.54, 1.807) is 0 Å². The van der Waals surface area contributed by atoms with Gasteiger partial charge in [0, 0.05) is 12.3 Å². The molecule has 0 bridgehead atoms. The average Bonchev–Trinajstić information content (AvgIpc) is 2.94. The summed E-state index contributed by atoms with van der Waals surface area (Å²) in [7, 11) is 0. The lowest BCUT2D eigenvalue weighted by Gasteiger charge is -2.04. The van der Waals surface area contributed by atoms with E-state index >= 15 is 0 Å². The van der Waals surface area contributed by atoms with E-state index in [4.69, 9.17) is 4.52 Å². The van der Waals surface area contributed by atoms with E-state index in [0.29, 0.717) is 18.4 Å². The largest absolute Gasteiger partial charge is 0.339 e. The Morgan fingerprint density at radius 2 is 2.10 bits per heavy atom. The lowest BCUT2D eigenvalue weighted by atomic mass is 10.3. The van der Waals surface area contributed by atoms with Crippen molar-refractivity contribution in [3.8, 4) is 0 Å². The predicted molar refractivity (Wildman–Crippen MR) is 79.0 cm³/mol. The van der Waals surface area contributed by atoms with Crippen molar-refractivity contribution in [3.63, 3.8) is 0 Å². The Morgan fingerprint density at radius 3 is 2.86 bits per heavy atom. The van der Waals surface area contributed by atoms with Gasteiger partial charge in [-0.05, 0) is 24.5 Å². The highest BCUT2D eigenvalue weighted by molar-refractivity contribution is 5.75. The summed E-state index contributed by atoms with van der Waals surface area (Å²) in [4.78, 5) is 9.22. The molecule has 0 amide bonds. The molecule has 2 unspecified atom stereocenters. The Balaban J connectivity index is 1.68. The molecule has 0 saturated heterocycles. The number of para-hydroxylation sites is 2. The first-order valence-corrected chi connectivity index (χ1v) is 7.53. The predicted octanol–water partition coefficient (Wildman–Crippen LogP) is 3.15. The molecule has 1 aromatic carbocycles. The van der Waals surface area contributed by atoms with Crippen molar-refractivity contribution in [1.82, 2.24) is 19.7 Å². The molecule has 1 fully saturated rings. The molecule has 0 spiro atoms. The maximum atomic E-state index is 5.40. The minimum atomic E-state index is 0.469. The summed E-state index contributed by atoms with van der Waals surface area (Å²) in [5.74, 6) is 3.74. The van der Waals surface area contributed by atoms with Gasteiger partial charge in [-0.3, -0.25) is 0 Å². The van der Waals surface area contributed by atoms with Gasteiger partial charge in [-0.1, -0.05) is 31.1 Å². The zero-order valence-electron chi connectivity index (χ0n) is 12.3. The van der Waals surface area contributed by atoms with Gasteiger partial charge in [-0.15, -0.1) is 0 Å². The number of aromatic nitrogens is 4. The van der Waals surface area contributed by atoms with Crippen LogP contribution in [0.2, 0.25) is 0 Å². The van der Waals surface area contributed by atoms with Crippen LogP contribution in [0.4, 0.5) is 0 Å². The summed E-state index contributed by atoms with van der Waals surface area (Å²) in [5.41, 5.74) is 2.15. The molecule has 3 aromatic rings. The maximum absolute atomic E-state index is 5.40. The van der Waals surface area contributed by atoms with Gasteiger partial charge in [0.1, 0.15) is 5.82 Å². The van der Waals surface area contributed by atoms with Gasteiger partial charge in [0.15, 0.2) is 5.82 Å². The second-order valence-corrected chi connectivity index (χ2v) is 5.82.